The number of hydrogen-bond acceptors (Lipinski definition) is 3. The van der Waals surface area contributed by atoms with Gasteiger partial charge in [-0.05, 0) is 50.8 Å². The topological polar surface area (TPSA) is 55.1 Å². The summed E-state index contributed by atoms with van der Waals surface area (Å²) in [6.45, 7) is 4.28. The highest BCUT2D eigenvalue weighted by Gasteiger charge is 2.29. The van der Waals surface area contributed by atoms with Crippen molar-refractivity contribution in [3.05, 3.63) is 34.4 Å². The monoisotopic (exact) mass is 332 g/mol. The van der Waals surface area contributed by atoms with Gasteiger partial charge in [-0.25, -0.2) is 0 Å². The SMILES string of the molecule is CC1(C)Cc2cc(Cl)c(N)cc2C(=CC(=O)C2CCCCC2)N1. The number of nitrogens with one attached hydrogen (secondary N) is 1. The molecule has 2 aliphatic rings. The van der Waals surface area contributed by atoms with Gasteiger partial charge in [0.2, 0.25) is 0 Å². The maximum Gasteiger partial charge on any atom is 0.160 e. The lowest BCUT2D eigenvalue weighted by Crippen LogP contribution is -2.44. The average Bonchev–Trinajstić information content (AvgIpc) is 2.49. The molecule has 1 aromatic rings. The van der Waals surface area contributed by atoms with Crippen molar-refractivity contribution in [3.8, 4) is 0 Å². The van der Waals surface area contributed by atoms with E-state index in [1.54, 1.807) is 6.08 Å². The van der Waals surface area contributed by atoms with Gasteiger partial charge in [-0.2, -0.15) is 0 Å². The van der Waals surface area contributed by atoms with Crippen LogP contribution in [0.3, 0.4) is 0 Å². The number of carbonyl (C=O) groups is 1. The van der Waals surface area contributed by atoms with Crippen LogP contribution in [0.15, 0.2) is 18.2 Å². The fourth-order valence-corrected chi connectivity index (χ4v) is 3.93. The summed E-state index contributed by atoms with van der Waals surface area (Å²) in [5, 5.41) is 4.09. The van der Waals surface area contributed by atoms with Crippen LogP contribution in [-0.2, 0) is 11.2 Å². The third kappa shape index (κ3) is 3.55. The zero-order valence-corrected chi connectivity index (χ0v) is 14.7. The zero-order valence-electron chi connectivity index (χ0n) is 13.9. The van der Waals surface area contributed by atoms with Crippen molar-refractivity contribution in [1.82, 2.24) is 5.32 Å². The number of ketones is 1. The van der Waals surface area contributed by atoms with Crippen molar-refractivity contribution in [2.45, 2.75) is 57.9 Å². The first kappa shape index (κ1) is 16.4. The number of benzene rings is 1. The Morgan fingerprint density at radius 2 is 2.00 bits per heavy atom. The number of halogens is 1. The van der Waals surface area contributed by atoms with E-state index < -0.39 is 0 Å². The number of rotatable bonds is 2. The molecular weight excluding hydrogens is 308 g/mol. The molecule has 0 amide bonds. The molecule has 0 aromatic heterocycles. The standard InChI is InChI=1S/C19H25ClN2O/c1-19(2)11-13-8-15(20)16(21)9-14(13)17(22-19)10-18(23)12-6-4-3-5-7-12/h8-10,12,22H,3-7,11,21H2,1-2H3. The molecule has 124 valence electrons. The number of nitrogen functional groups attached to an aromatic ring is 1. The summed E-state index contributed by atoms with van der Waals surface area (Å²) in [4.78, 5) is 12.7. The summed E-state index contributed by atoms with van der Waals surface area (Å²) in [5.74, 6) is 0.417. The van der Waals surface area contributed by atoms with Gasteiger partial charge in [0.25, 0.3) is 0 Å². The molecule has 23 heavy (non-hydrogen) atoms. The Balaban J connectivity index is 1.96. The predicted molar refractivity (Wildman–Crippen MR) is 96.3 cm³/mol. The fourth-order valence-electron chi connectivity index (χ4n) is 3.74. The van der Waals surface area contributed by atoms with Crippen LogP contribution in [0.1, 0.15) is 57.1 Å². The molecule has 3 rings (SSSR count). The van der Waals surface area contributed by atoms with E-state index in [4.69, 9.17) is 17.3 Å². The van der Waals surface area contributed by atoms with E-state index in [9.17, 15) is 4.79 Å². The van der Waals surface area contributed by atoms with Gasteiger partial charge in [0, 0.05) is 28.8 Å². The van der Waals surface area contributed by atoms with Gasteiger partial charge in [-0.15, -0.1) is 0 Å². The second kappa shape index (κ2) is 6.20. The summed E-state index contributed by atoms with van der Waals surface area (Å²) in [6, 6.07) is 3.83. The van der Waals surface area contributed by atoms with Crippen LogP contribution in [-0.4, -0.2) is 11.3 Å². The number of fused-ring (bicyclic) bond motifs is 1. The molecule has 0 radical (unpaired) electrons. The van der Waals surface area contributed by atoms with Crippen LogP contribution in [0.4, 0.5) is 5.69 Å². The van der Waals surface area contributed by atoms with Crippen LogP contribution in [0.2, 0.25) is 5.02 Å². The summed E-state index contributed by atoms with van der Waals surface area (Å²) in [5.41, 5.74) is 9.47. The van der Waals surface area contributed by atoms with E-state index in [-0.39, 0.29) is 17.2 Å². The molecule has 1 fully saturated rings. The first-order chi connectivity index (χ1) is 10.9. The molecular formula is C19H25ClN2O. The lowest BCUT2D eigenvalue weighted by molar-refractivity contribution is -0.119. The first-order valence-corrected chi connectivity index (χ1v) is 8.85. The summed E-state index contributed by atoms with van der Waals surface area (Å²) in [6.07, 6.45) is 8.27. The molecule has 1 heterocycles. The van der Waals surface area contributed by atoms with Gasteiger partial charge < -0.3 is 11.1 Å². The largest absolute Gasteiger partial charge is 0.398 e. The highest BCUT2D eigenvalue weighted by molar-refractivity contribution is 6.33. The Hall–Kier alpha value is -1.48. The second-order valence-corrected chi connectivity index (χ2v) is 7.92. The van der Waals surface area contributed by atoms with Gasteiger partial charge in [0.15, 0.2) is 5.78 Å². The maximum atomic E-state index is 12.7. The van der Waals surface area contributed by atoms with Gasteiger partial charge >= 0.3 is 0 Å². The molecule has 1 aromatic carbocycles. The highest BCUT2D eigenvalue weighted by Crippen LogP contribution is 2.35. The van der Waals surface area contributed by atoms with E-state index in [0.29, 0.717) is 10.7 Å². The Morgan fingerprint density at radius 3 is 2.70 bits per heavy atom. The number of hydrogen-bond donors (Lipinski definition) is 2. The molecule has 3 nitrogen and oxygen atoms in total. The smallest absolute Gasteiger partial charge is 0.160 e. The van der Waals surface area contributed by atoms with Crippen molar-refractivity contribution in [2.75, 3.05) is 5.73 Å². The van der Waals surface area contributed by atoms with Crippen LogP contribution >= 0.6 is 11.6 Å². The third-order valence-electron chi connectivity index (χ3n) is 4.91. The van der Waals surface area contributed by atoms with Gasteiger partial charge in [-0.1, -0.05) is 30.9 Å². The quantitative estimate of drug-likeness (QED) is 0.625. The number of allylic oxidation sites excluding steroid dienone is 1. The number of anilines is 1. The van der Waals surface area contributed by atoms with Crippen LogP contribution < -0.4 is 11.1 Å². The minimum absolute atomic E-state index is 0.106. The molecule has 0 unspecified atom stereocenters. The molecule has 0 spiro atoms. The molecule has 0 saturated heterocycles. The van der Waals surface area contributed by atoms with Crippen molar-refractivity contribution < 1.29 is 4.79 Å². The van der Waals surface area contributed by atoms with E-state index in [2.05, 4.69) is 19.2 Å². The summed E-state index contributed by atoms with van der Waals surface area (Å²) >= 11 is 6.18. The molecule has 3 N–H and O–H groups in total. The van der Waals surface area contributed by atoms with Crippen LogP contribution in [0, 0.1) is 5.92 Å². The van der Waals surface area contributed by atoms with Gasteiger partial charge in [-0.3, -0.25) is 4.79 Å². The molecule has 1 aliphatic heterocycles. The highest BCUT2D eigenvalue weighted by atomic mass is 35.5. The number of carbonyl (C=O) groups excluding carboxylic acids is 1. The second-order valence-electron chi connectivity index (χ2n) is 7.51. The normalized spacial score (nSPS) is 22.5. The first-order valence-electron chi connectivity index (χ1n) is 8.48. The third-order valence-corrected chi connectivity index (χ3v) is 5.24. The zero-order chi connectivity index (χ0) is 16.6. The molecule has 4 heteroatoms. The van der Waals surface area contributed by atoms with Crippen LogP contribution in [0.25, 0.3) is 5.70 Å². The van der Waals surface area contributed by atoms with Crippen molar-refractivity contribution in [2.24, 2.45) is 5.92 Å². The lowest BCUT2D eigenvalue weighted by Gasteiger charge is -2.36. The Morgan fingerprint density at radius 1 is 1.30 bits per heavy atom. The molecule has 1 aliphatic carbocycles. The fraction of sp³-hybridized carbons (Fsp3) is 0.526. The van der Waals surface area contributed by atoms with Gasteiger partial charge in [0.05, 0.1) is 10.7 Å². The Kier molecular flexibility index (Phi) is 4.41. The van der Waals surface area contributed by atoms with E-state index in [1.165, 1.54) is 6.42 Å². The Bertz CT molecular complexity index is 658. The van der Waals surface area contributed by atoms with E-state index >= 15 is 0 Å². The lowest BCUT2D eigenvalue weighted by atomic mass is 9.83. The molecule has 0 bridgehead atoms. The van der Waals surface area contributed by atoms with Crippen molar-refractivity contribution >= 4 is 28.8 Å². The minimum Gasteiger partial charge on any atom is -0.398 e. The predicted octanol–water partition coefficient (Wildman–Crippen LogP) is 4.34. The maximum absolute atomic E-state index is 12.7. The minimum atomic E-state index is -0.106. The Labute approximate surface area is 143 Å². The van der Waals surface area contributed by atoms with E-state index in [0.717, 1.165) is 48.9 Å². The number of nitrogens with two attached hydrogens (primary N) is 1. The molecule has 1 saturated carbocycles. The van der Waals surface area contributed by atoms with E-state index in [1.807, 2.05) is 12.1 Å². The summed E-state index contributed by atoms with van der Waals surface area (Å²) in [7, 11) is 0. The van der Waals surface area contributed by atoms with Crippen molar-refractivity contribution in [3.63, 3.8) is 0 Å². The summed E-state index contributed by atoms with van der Waals surface area (Å²) < 4.78 is 0. The van der Waals surface area contributed by atoms with Crippen molar-refractivity contribution in [1.29, 1.82) is 0 Å². The molecule has 0 atom stereocenters. The van der Waals surface area contributed by atoms with Crippen LogP contribution in [0.5, 0.6) is 0 Å². The average molecular weight is 333 g/mol. The van der Waals surface area contributed by atoms with Gasteiger partial charge in [0.1, 0.15) is 0 Å².